The molecule has 90 valence electrons. The van der Waals surface area contributed by atoms with Crippen molar-refractivity contribution in [3.05, 3.63) is 5.01 Å². The minimum absolute atomic E-state index is 0.00875. The summed E-state index contributed by atoms with van der Waals surface area (Å²) in [6.45, 7) is 2.95. The highest BCUT2D eigenvalue weighted by molar-refractivity contribution is 7.15. The minimum atomic E-state index is 0.00875. The normalized spacial score (nSPS) is 10.4. The maximum absolute atomic E-state index is 11.5. The molecule has 1 rings (SSSR count). The summed E-state index contributed by atoms with van der Waals surface area (Å²) in [6, 6.07) is 0. The highest BCUT2D eigenvalue weighted by atomic mass is 32.1. The van der Waals surface area contributed by atoms with Gasteiger partial charge in [0, 0.05) is 12.8 Å². The minimum Gasteiger partial charge on any atom is -0.320 e. The van der Waals surface area contributed by atoms with Crippen LogP contribution in [0.1, 0.15) is 31.2 Å². The Balaban J connectivity index is 2.31. The Hall–Kier alpha value is -1.01. The molecule has 0 unspecified atom stereocenters. The smallest absolute Gasteiger partial charge is 0.226 e. The lowest BCUT2D eigenvalue weighted by Gasteiger charge is -2.00. The monoisotopic (exact) mass is 242 g/mol. The van der Waals surface area contributed by atoms with Gasteiger partial charge in [-0.3, -0.25) is 4.79 Å². The quantitative estimate of drug-likeness (QED) is 0.710. The molecular formula is C10H18N4OS. The van der Waals surface area contributed by atoms with Gasteiger partial charge < -0.3 is 10.6 Å². The Kier molecular flexibility index (Phi) is 5.95. The predicted octanol–water partition coefficient (Wildman–Crippen LogP) is 1.43. The third-order valence-electron chi connectivity index (χ3n) is 2.01. The molecule has 16 heavy (non-hydrogen) atoms. The Morgan fingerprint density at radius 3 is 2.94 bits per heavy atom. The Labute approximate surface area is 99.7 Å². The van der Waals surface area contributed by atoms with Crippen molar-refractivity contribution in [2.24, 2.45) is 0 Å². The number of nitrogens with zero attached hydrogens (tertiary/aromatic N) is 2. The van der Waals surface area contributed by atoms with E-state index in [0.717, 1.165) is 30.8 Å². The van der Waals surface area contributed by atoms with E-state index in [9.17, 15) is 4.79 Å². The molecule has 0 aliphatic carbocycles. The lowest BCUT2D eigenvalue weighted by Crippen LogP contribution is -2.15. The molecule has 1 heterocycles. The standard InChI is InChI=1S/C10H18N4OS/c1-3-5-9-13-14-10(16-9)12-8(15)6-4-7-11-2/h11H,3-7H2,1-2H3,(H,12,14,15). The van der Waals surface area contributed by atoms with Crippen LogP contribution in [0.2, 0.25) is 0 Å². The summed E-state index contributed by atoms with van der Waals surface area (Å²) in [5.74, 6) is 0.00875. The average molecular weight is 242 g/mol. The number of aromatic nitrogens is 2. The molecule has 0 bridgehead atoms. The molecule has 1 aromatic rings. The average Bonchev–Trinajstić information content (AvgIpc) is 2.66. The first-order valence-electron chi connectivity index (χ1n) is 5.53. The first kappa shape index (κ1) is 13.1. The zero-order valence-corrected chi connectivity index (χ0v) is 10.6. The molecule has 0 fully saturated rings. The molecule has 0 spiro atoms. The molecule has 6 heteroatoms. The molecule has 0 atom stereocenters. The van der Waals surface area contributed by atoms with Gasteiger partial charge in [-0.1, -0.05) is 18.3 Å². The second kappa shape index (κ2) is 7.29. The van der Waals surface area contributed by atoms with Gasteiger partial charge in [-0.15, -0.1) is 10.2 Å². The van der Waals surface area contributed by atoms with Crippen molar-refractivity contribution >= 4 is 22.4 Å². The number of aryl methyl sites for hydroxylation is 1. The second-order valence-electron chi connectivity index (χ2n) is 3.51. The van der Waals surface area contributed by atoms with Crippen LogP contribution in [-0.2, 0) is 11.2 Å². The van der Waals surface area contributed by atoms with Crippen LogP contribution in [0.3, 0.4) is 0 Å². The molecule has 0 saturated carbocycles. The Bertz CT molecular complexity index is 326. The number of nitrogens with one attached hydrogen (secondary N) is 2. The van der Waals surface area contributed by atoms with Gasteiger partial charge in [-0.25, -0.2) is 0 Å². The molecule has 1 amide bonds. The van der Waals surface area contributed by atoms with Gasteiger partial charge >= 0.3 is 0 Å². The van der Waals surface area contributed by atoms with E-state index in [4.69, 9.17) is 0 Å². The van der Waals surface area contributed by atoms with Crippen molar-refractivity contribution in [3.8, 4) is 0 Å². The van der Waals surface area contributed by atoms with Gasteiger partial charge in [0.25, 0.3) is 0 Å². The highest BCUT2D eigenvalue weighted by Gasteiger charge is 2.07. The van der Waals surface area contributed by atoms with Crippen LogP contribution in [0.15, 0.2) is 0 Å². The van der Waals surface area contributed by atoms with Crippen molar-refractivity contribution in [1.82, 2.24) is 15.5 Å². The van der Waals surface area contributed by atoms with E-state index in [1.54, 1.807) is 0 Å². The van der Waals surface area contributed by atoms with E-state index in [2.05, 4.69) is 27.8 Å². The molecule has 0 saturated heterocycles. The number of anilines is 1. The molecule has 5 nitrogen and oxygen atoms in total. The molecule has 0 aliphatic heterocycles. The van der Waals surface area contributed by atoms with Crippen LogP contribution >= 0.6 is 11.3 Å². The third-order valence-corrected chi connectivity index (χ3v) is 2.91. The Morgan fingerprint density at radius 1 is 1.44 bits per heavy atom. The van der Waals surface area contributed by atoms with Gasteiger partial charge in [0.05, 0.1) is 0 Å². The summed E-state index contributed by atoms with van der Waals surface area (Å²) in [5.41, 5.74) is 0. The summed E-state index contributed by atoms with van der Waals surface area (Å²) in [4.78, 5) is 11.5. The Morgan fingerprint density at radius 2 is 2.25 bits per heavy atom. The van der Waals surface area contributed by atoms with Crippen LogP contribution in [0, 0.1) is 0 Å². The molecule has 0 radical (unpaired) electrons. The lowest BCUT2D eigenvalue weighted by molar-refractivity contribution is -0.116. The first-order chi connectivity index (χ1) is 7.76. The number of hydrogen-bond donors (Lipinski definition) is 2. The summed E-state index contributed by atoms with van der Waals surface area (Å²) in [6.07, 6.45) is 3.32. The van der Waals surface area contributed by atoms with E-state index in [-0.39, 0.29) is 5.91 Å². The van der Waals surface area contributed by atoms with E-state index < -0.39 is 0 Å². The van der Waals surface area contributed by atoms with Crippen molar-refractivity contribution < 1.29 is 4.79 Å². The fraction of sp³-hybridized carbons (Fsp3) is 0.700. The zero-order valence-electron chi connectivity index (χ0n) is 9.75. The van der Waals surface area contributed by atoms with Gasteiger partial charge in [-0.05, 0) is 26.4 Å². The third kappa shape index (κ3) is 4.67. The number of carbonyl (C=O) groups is 1. The van der Waals surface area contributed by atoms with Crippen LogP contribution in [-0.4, -0.2) is 29.7 Å². The highest BCUT2D eigenvalue weighted by Crippen LogP contribution is 2.16. The van der Waals surface area contributed by atoms with E-state index in [1.165, 1.54) is 11.3 Å². The number of rotatable bonds is 7. The van der Waals surface area contributed by atoms with Crippen LogP contribution in [0.25, 0.3) is 0 Å². The van der Waals surface area contributed by atoms with Crippen molar-refractivity contribution in [3.63, 3.8) is 0 Å². The maximum atomic E-state index is 11.5. The first-order valence-corrected chi connectivity index (χ1v) is 6.34. The molecule has 1 aromatic heterocycles. The van der Waals surface area contributed by atoms with Gasteiger partial charge in [-0.2, -0.15) is 0 Å². The fourth-order valence-electron chi connectivity index (χ4n) is 1.23. The SMILES string of the molecule is CCCc1nnc(NC(=O)CCCNC)s1. The molecular weight excluding hydrogens is 224 g/mol. The summed E-state index contributed by atoms with van der Waals surface area (Å²) >= 11 is 1.46. The van der Waals surface area contributed by atoms with Crippen LogP contribution < -0.4 is 10.6 Å². The molecule has 0 aliphatic rings. The number of hydrogen-bond acceptors (Lipinski definition) is 5. The number of carbonyl (C=O) groups excluding carboxylic acids is 1. The summed E-state index contributed by atoms with van der Waals surface area (Å²) < 4.78 is 0. The van der Waals surface area contributed by atoms with E-state index in [1.807, 2.05) is 7.05 Å². The largest absolute Gasteiger partial charge is 0.320 e. The van der Waals surface area contributed by atoms with Crippen molar-refractivity contribution in [2.45, 2.75) is 32.6 Å². The van der Waals surface area contributed by atoms with Crippen LogP contribution in [0.5, 0.6) is 0 Å². The summed E-state index contributed by atoms with van der Waals surface area (Å²) in [5, 5.41) is 15.3. The van der Waals surface area contributed by atoms with Crippen LogP contribution in [0.4, 0.5) is 5.13 Å². The van der Waals surface area contributed by atoms with Gasteiger partial charge in [0.1, 0.15) is 5.01 Å². The van der Waals surface area contributed by atoms with E-state index in [0.29, 0.717) is 11.6 Å². The lowest BCUT2D eigenvalue weighted by atomic mass is 10.3. The summed E-state index contributed by atoms with van der Waals surface area (Å²) in [7, 11) is 1.87. The molecule has 0 aromatic carbocycles. The second-order valence-corrected chi connectivity index (χ2v) is 4.57. The predicted molar refractivity (Wildman–Crippen MR) is 65.7 cm³/mol. The zero-order chi connectivity index (χ0) is 11.8. The maximum Gasteiger partial charge on any atom is 0.226 e. The topological polar surface area (TPSA) is 66.9 Å². The van der Waals surface area contributed by atoms with Crippen molar-refractivity contribution in [2.75, 3.05) is 18.9 Å². The van der Waals surface area contributed by atoms with Crippen molar-refractivity contribution in [1.29, 1.82) is 0 Å². The van der Waals surface area contributed by atoms with E-state index >= 15 is 0 Å². The number of amides is 1. The molecule has 2 N–H and O–H groups in total. The van der Waals surface area contributed by atoms with Gasteiger partial charge in [0.15, 0.2) is 0 Å². The van der Waals surface area contributed by atoms with Gasteiger partial charge in [0.2, 0.25) is 11.0 Å². The fourth-order valence-corrected chi connectivity index (χ4v) is 2.08.